The van der Waals surface area contributed by atoms with Gasteiger partial charge in [0, 0.05) is 6.07 Å². The Morgan fingerprint density at radius 3 is 2.26 bits per heavy atom. The van der Waals surface area contributed by atoms with Crippen molar-refractivity contribution in [3.8, 4) is 5.69 Å². The van der Waals surface area contributed by atoms with E-state index < -0.39 is 66.1 Å². The quantitative estimate of drug-likeness (QED) is 0.560. The molecule has 0 spiro atoms. The van der Waals surface area contributed by atoms with Crippen LogP contribution in [0.5, 0.6) is 0 Å². The molecule has 0 saturated carbocycles. The van der Waals surface area contributed by atoms with Gasteiger partial charge in [0.2, 0.25) is 0 Å². The van der Waals surface area contributed by atoms with Crippen molar-refractivity contribution >= 4 is 27.5 Å². The maximum atomic E-state index is 13.5. The molecule has 1 aromatic heterocycles. The number of pyridine rings is 1. The number of carbonyl (C=O) groups is 2. The van der Waals surface area contributed by atoms with Crippen LogP contribution in [-0.4, -0.2) is 30.3 Å². The minimum absolute atomic E-state index is 0.0719. The zero-order valence-corrected chi connectivity index (χ0v) is 13.6. The molecule has 0 aliphatic carbocycles. The van der Waals surface area contributed by atoms with Crippen LogP contribution in [0.25, 0.3) is 5.69 Å². The second-order valence-corrected chi connectivity index (χ2v) is 7.25. The van der Waals surface area contributed by atoms with Crippen molar-refractivity contribution in [3.05, 3.63) is 51.6 Å². The Labute approximate surface area is 147 Å². The molecule has 0 atom stereocenters. The predicted molar refractivity (Wildman–Crippen MR) is 81.4 cm³/mol. The number of nitrogens with zero attached hydrogens (tertiary/aromatic N) is 1. The number of rotatable bonds is 2. The fourth-order valence-electron chi connectivity index (χ4n) is 2.54. The summed E-state index contributed by atoms with van der Waals surface area (Å²) in [6, 6.07) is 1.88. The van der Waals surface area contributed by atoms with E-state index in [1.807, 2.05) is 5.32 Å². The molecule has 27 heavy (non-hydrogen) atoms. The van der Waals surface area contributed by atoms with E-state index in [2.05, 4.69) is 0 Å². The van der Waals surface area contributed by atoms with Gasteiger partial charge in [-0.15, -0.1) is 0 Å². The number of benzene rings is 1. The van der Waals surface area contributed by atoms with Crippen molar-refractivity contribution in [1.29, 1.82) is 0 Å². The highest BCUT2D eigenvalue weighted by molar-refractivity contribution is 7.92. The third-order valence-corrected chi connectivity index (χ3v) is 5.23. The highest BCUT2D eigenvalue weighted by Gasteiger charge is 2.48. The monoisotopic (exact) mass is 405 g/mol. The van der Waals surface area contributed by atoms with Gasteiger partial charge in [0.1, 0.15) is 16.5 Å². The van der Waals surface area contributed by atoms with E-state index in [9.17, 15) is 40.4 Å². The fraction of sp³-hybridized carbons (Fsp3) is 0.0714. The van der Waals surface area contributed by atoms with Crippen LogP contribution >= 0.6 is 0 Å². The zero-order valence-electron chi connectivity index (χ0n) is 12.8. The van der Waals surface area contributed by atoms with Gasteiger partial charge in [0.25, 0.3) is 27.2 Å². The normalized spacial score (nSPS) is 14.2. The molecule has 0 radical (unpaired) electrons. The first-order chi connectivity index (χ1) is 12.4. The molecule has 3 rings (SSSR count). The largest absolute Gasteiger partial charge is 0.501 e. The van der Waals surface area contributed by atoms with Crippen LogP contribution in [0.4, 0.5) is 23.4 Å². The summed E-state index contributed by atoms with van der Waals surface area (Å²) in [4.78, 5) is 34.1. The SMILES string of the molecule is Nc1c2c(cc(=O)n1-c1ccc(F)cc1S(=O)(=O)C(F)(F)F)C(=O)NC2=O. The van der Waals surface area contributed by atoms with Gasteiger partial charge >= 0.3 is 5.51 Å². The van der Waals surface area contributed by atoms with Gasteiger partial charge in [-0.05, 0) is 18.2 Å². The Hall–Kier alpha value is -3.22. The molecule has 0 fully saturated rings. The lowest BCUT2D eigenvalue weighted by Crippen LogP contribution is -2.29. The molecule has 2 aromatic rings. The highest BCUT2D eigenvalue weighted by Crippen LogP contribution is 2.35. The van der Waals surface area contributed by atoms with Crippen molar-refractivity contribution < 1.29 is 35.6 Å². The molecule has 3 N–H and O–H groups in total. The van der Waals surface area contributed by atoms with Gasteiger partial charge in [-0.3, -0.25) is 24.3 Å². The summed E-state index contributed by atoms with van der Waals surface area (Å²) in [5.41, 5.74) is -3.18. The van der Waals surface area contributed by atoms with Crippen LogP contribution in [0.15, 0.2) is 34.0 Å². The van der Waals surface area contributed by atoms with E-state index in [0.29, 0.717) is 18.2 Å². The summed E-state index contributed by atoms with van der Waals surface area (Å²) in [6.45, 7) is 0. The van der Waals surface area contributed by atoms with Crippen LogP contribution in [0.1, 0.15) is 20.7 Å². The molecule has 8 nitrogen and oxygen atoms in total. The van der Waals surface area contributed by atoms with Crippen LogP contribution in [-0.2, 0) is 9.84 Å². The second kappa shape index (κ2) is 5.64. The number of anilines is 1. The van der Waals surface area contributed by atoms with Crippen LogP contribution in [0, 0.1) is 5.82 Å². The number of halogens is 4. The smallest absolute Gasteiger partial charge is 0.384 e. The molecule has 0 unspecified atom stereocenters. The summed E-state index contributed by atoms with van der Waals surface area (Å²) in [7, 11) is -6.07. The summed E-state index contributed by atoms with van der Waals surface area (Å²) in [5, 5.41) is 1.84. The first-order valence-corrected chi connectivity index (χ1v) is 8.37. The number of imide groups is 1. The topological polar surface area (TPSA) is 128 Å². The van der Waals surface area contributed by atoms with E-state index >= 15 is 0 Å². The van der Waals surface area contributed by atoms with Crippen molar-refractivity contribution in [3.63, 3.8) is 0 Å². The van der Waals surface area contributed by atoms with Gasteiger partial charge in [0.05, 0.1) is 16.8 Å². The number of hydrogen-bond acceptors (Lipinski definition) is 6. The molecule has 1 aromatic carbocycles. The average Bonchev–Trinajstić information content (AvgIpc) is 2.81. The highest BCUT2D eigenvalue weighted by atomic mass is 32.2. The number of nitrogen functional groups attached to an aromatic ring is 1. The van der Waals surface area contributed by atoms with E-state index in [4.69, 9.17) is 5.73 Å². The minimum Gasteiger partial charge on any atom is -0.384 e. The lowest BCUT2D eigenvalue weighted by atomic mass is 10.1. The van der Waals surface area contributed by atoms with Crippen LogP contribution in [0.3, 0.4) is 0 Å². The number of hydrogen-bond donors (Lipinski definition) is 2. The standard InChI is InChI=1S/C14H7F4N3O5S/c15-5-1-2-7(8(3-5)27(25,26)14(16,17)18)21-9(22)4-6-10(11(21)19)13(24)20-12(6)23/h1-4H,19H2,(H,20,23,24). The molecule has 2 amide bonds. The van der Waals surface area contributed by atoms with Gasteiger partial charge in [-0.2, -0.15) is 13.2 Å². The van der Waals surface area contributed by atoms with Crippen molar-refractivity contribution in [2.24, 2.45) is 0 Å². The average molecular weight is 405 g/mol. The Balaban J connectivity index is 2.42. The number of fused-ring (bicyclic) bond motifs is 1. The summed E-state index contributed by atoms with van der Waals surface area (Å²) < 4.78 is 76.2. The predicted octanol–water partition coefficient (Wildman–Crippen LogP) is 0.736. The van der Waals surface area contributed by atoms with E-state index in [-0.39, 0.29) is 10.6 Å². The van der Waals surface area contributed by atoms with Crippen molar-refractivity contribution in [1.82, 2.24) is 9.88 Å². The fourth-order valence-corrected chi connectivity index (χ4v) is 3.49. The summed E-state index contributed by atoms with van der Waals surface area (Å²) >= 11 is 0. The maximum Gasteiger partial charge on any atom is 0.501 e. The van der Waals surface area contributed by atoms with Crippen molar-refractivity contribution in [2.75, 3.05) is 5.73 Å². The second-order valence-electron chi connectivity index (χ2n) is 5.34. The summed E-state index contributed by atoms with van der Waals surface area (Å²) in [6.07, 6.45) is 0. The Kier molecular flexibility index (Phi) is 3.88. The number of alkyl halides is 3. The van der Waals surface area contributed by atoms with Gasteiger partial charge in [-0.1, -0.05) is 0 Å². The van der Waals surface area contributed by atoms with Gasteiger partial charge in [-0.25, -0.2) is 12.8 Å². The molecule has 1 aliphatic rings. The number of nitrogens with two attached hydrogens (primary N) is 1. The zero-order chi connectivity index (χ0) is 20.3. The lowest BCUT2D eigenvalue weighted by Gasteiger charge is -2.17. The molecule has 2 heterocycles. The number of sulfone groups is 1. The number of amides is 2. The first-order valence-electron chi connectivity index (χ1n) is 6.88. The van der Waals surface area contributed by atoms with Crippen LogP contribution in [0.2, 0.25) is 0 Å². The van der Waals surface area contributed by atoms with E-state index in [1.54, 1.807) is 0 Å². The molecular formula is C14H7F4N3O5S. The third kappa shape index (κ3) is 2.66. The molecule has 0 saturated heterocycles. The Morgan fingerprint density at radius 2 is 1.67 bits per heavy atom. The van der Waals surface area contributed by atoms with Gasteiger partial charge < -0.3 is 5.73 Å². The van der Waals surface area contributed by atoms with E-state index in [0.717, 1.165) is 0 Å². The molecule has 0 bridgehead atoms. The lowest BCUT2D eigenvalue weighted by molar-refractivity contribution is -0.0436. The molecule has 142 valence electrons. The molecular weight excluding hydrogens is 398 g/mol. The number of nitrogens with one attached hydrogen (secondary N) is 1. The van der Waals surface area contributed by atoms with Gasteiger partial charge in [0.15, 0.2) is 0 Å². The molecule has 13 heteroatoms. The summed E-state index contributed by atoms with van der Waals surface area (Å²) in [5.74, 6) is -4.06. The number of carbonyl (C=O) groups excluding carboxylic acids is 2. The van der Waals surface area contributed by atoms with E-state index in [1.165, 1.54) is 0 Å². The number of aromatic nitrogens is 1. The Morgan fingerprint density at radius 1 is 1.04 bits per heavy atom. The minimum atomic E-state index is -6.07. The van der Waals surface area contributed by atoms with Crippen molar-refractivity contribution in [2.45, 2.75) is 10.4 Å². The molecule has 1 aliphatic heterocycles. The third-order valence-electron chi connectivity index (χ3n) is 3.71. The maximum absolute atomic E-state index is 13.5. The Bertz CT molecular complexity index is 1180. The first kappa shape index (κ1) is 18.6. The van der Waals surface area contributed by atoms with Crippen LogP contribution < -0.4 is 16.6 Å².